The Balaban J connectivity index is 3.22. The van der Waals surface area contributed by atoms with Crippen LogP contribution in [-0.2, 0) is 9.59 Å². The summed E-state index contributed by atoms with van der Waals surface area (Å²) in [6, 6.07) is 5.27. The van der Waals surface area contributed by atoms with Crippen LogP contribution < -0.4 is 27.7 Å². The number of hydrogen-bond donors (Lipinski definition) is 6. The first-order valence-electron chi connectivity index (χ1n) is 6.09. The molecule has 8 N–H and O–H groups in total. The number of carbonyl (C=O) groups is 3. The van der Waals surface area contributed by atoms with E-state index in [-0.39, 0.29) is 27.1 Å². The summed E-state index contributed by atoms with van der Waals surface area (Å²) in [5.74, 6) is -3.56. The van der Waals surface area contributed by atoms with Gasteiger partial charge in [0.1, 0.15) is 0 Å². The van der Waals surface area contributed by atoms with Gasteiger partial charge in [0.15, 0.2) is 15.9 Å². The molecular formula is C12H12N6O4S2. The van der Waals surface area contributed by atoms with Crippen LogP contribution in [0.5, 0.6) is 0 Å². The van der Waals surface area contributed by atoms with Gasteiger partial charge >= 0.3 is 5.97 Å². The third-order valence-electron chi connectivity index (χ3n) is 2.38. The molecule has 0 saturated heterocycles. The Morgan fingerprint density at radius 3 is 2.21 bits per heavy atom. The Morgan fingerprint density at radius 1 is 1.04 bits per heavy atom. The van der Waals surface area contributed by atoms with Crippen LogP contribution in [0.2, 0.25) is 0 Å². The van der Waals surface area contributed by atoms with Gasteiger partial charge in [-0.05, 0) is 30.5 Å². The number of hydrogen-bond acceptors (Lipinski definition) is 6. The molecular weight excluding hydrogens is 356 g/mol. The van der Waals surface area contributed by atoms with Gasteiger partial charge in [-0.15, -0.1) is 0 Å². The number of Topliss-reactive ketones (excluding diaryl/α,β-unsaturated/α-hetero) is 1. The molecule has 1 aromatic carbocycles. The van der Waals surface area contributed by atoms with E-state index in [9.17, 15) is 14.4 Å². The number of amides is 1. The first-order valence-corrected chi connectivity index (χ1v) is 6.91. The molecule has 1 aromatic rings. The molecule has 12 heteroatoms. The Kier molecular flexibility index (Phi) is 6.70. The van der Waals surface area contributed by atoms with E-state index in [1.807, 2.05) is 0 Å². The van der Waals surface area contributed by atoms with E-state index >= 15 is 0 Å². The molecule has 0 aliphatic rings. The highest BCUT2D eigenvalue weighted by Crippen LogP contribution is 2.08. The average Bonchev–Trinajstić information content (AvgIpc) is 2.52. The summed E-state index contributed by atoms with van der Waals surface area (Å²) < 4.78 is 0. The molecule has 0 aromatic heterocycles. The van der Waals surface area contributed by atoms with E-state index in [1.165, 1.54) is 24.3 Å². The summed E-state index contributed by atoms with van der Waals surface area (Å²) in [5, 5.41) is 12.1. The fourth-order valence-corrected chi connectivity index (χ4v) is 1.56. The molecule has 0 saturated carbocycles. The first kappa shape index (κ1) is 18.9. The van der Waals surface area contributed by atoms with Crippen molar-refractivity contribution in [2.24, 2.45) is 16.6 Å². The van der Waals surface area contributed by atoms with Crippen molar-refractivity contribution in [3.8, 4) is 0 Å². The van der Waals surface area contributed by atoms with Crippen molar-refractivity contribution in [1.29, 1.82) is 0 Å². The zero-order valence-corrected chi connectivity index (χ0v) is 13.5. The van der Waals surface area contributed by atoms with Crippen molar-refractivity contribution in [1.82, 2.24) is 16.3 Å². The van der Waals surface area contributed by atoms with Crippen LogP contribution in [0.15, 0.2) is 29.4 Å². The molecule has 126 valence electrons. The lowest BCUT2D eigenvalue weighted by Crippen LogP contribution is -2.47. The molecule has 0 aliphatic heterocycles. The molecule has 10 nitrogen and oxygen atoms in total. The van der Waals surface area contributed by atoms with E-state index in [2.05, 4.69) is 45.8 Å². The Bertz CT molecular complexity index is 749. The predicted molar refractivity (Wildman–Crippen MR) is 92.9 cm³/mol. The second-order valence-corrected chi connectivity index (χ2v) is 4.97. The molecule has 0 bridgehead atoms. The van der Waals surface area contributed by atoms with Crippen molar-refractivity contribution in [2.45, 2.75) is 0 Å². The smallest absolute Gasteiger partial charge is 0.377 e. The van der Waals surface area contributed by atoms with Gasteiger partial charge in [-0.1, -0.05) is 18.2 Å². The lowest BCUT2D eigenvalue weighted by atomic mass is 10.0. The molecule has 24 heavy (non-hydrogen) atoms. The number of benzene rings is 1. The number of ketones is 1. The maximum Gasteiger partial charge on any atom is 0.377 e. The number of nitrogens with two attached hydrogens (primary N) is 2. The number of hydrazine groups is 1. The van der Waals surface area contributed by atoms with Crippen LogP contribution in [0.1, 0.15) is 15.9 Å². The highest BCUT2D eigenvalue weighted by atomic mass is 32.1. The SMILES string of the molecule is NC(=S)NN=C(C(=O)NNC(N)=S)c1cccc(C(=O)C(=O)O)c1. The summed E-state index contributed by atoms with van der Waals surface area (Å²) >= 11 is 9.15. The summed E-state index contributed by atoms with van der Waals surface area (Å²) in [5.41, 5.74) is 16.8. The number of carboxylic acid groups (broad SMARTS) is 1. The standard InChI is InChI=1S/C12H12N6O4S2/c13-11(23)17-15-7(9(20)16-18-12(14)24)5-2-1-3-6(4-5)8(19)10(21)22/h1-4H,(H,16,20)(H,21,22)(H3,13,17,23)(H3,14,18,24). The summed E-state index contributed by atoms with van der Waals surface area (Å²) in [7, 11) is 0. The van der Waals surface area contributed by atoms with Crippen molar-refractivity contribution in [2.75, 3.05) is 0 Å². The molecule has 0 unspecified atom stereocenters. The number of rotatable bonds is 5. The van der Waals surface area contributed by atoms with Crippen LogP contribution in [0, 0.1) is 0 Å². The molecule has 0 radical (unpaired) electrons. The fourth-order valence-electron chi connectivity index (χ4n) is 1.47. The second kappa shape index (κ2) is 8.50. The number of nitrogens with zero attached hydrogens (tertiary/aromatic N) is 1. The van der Waals surface area contributed by atoms with Crippen LogP contribution in [0.3, 0.4) is 0 Å². The highest BCUT2D eigenvalue weighted by molar-refractivity contribution is 7.80. The minimum Gasteiger partial charge on any atom is -0.475 e. The Labute approximate surface area is 146 Å². The van der Waals surface area contributed by atoms with Crippen molar-refractivity contribution in [3.63, 3.8) is 0 Å². The van der Waals surface area contributed by atoms with Crippen LogP contribution in [-0.4, -0.2) is 38.7 Å². The molecule has 0 spiro atoms. The molecule has 0 atom stereocenters. The topological polar surface area (TPSA) is 172 Å². The molecule has 1 rings (SSSR count). The number of nitrogens with one attached hydrogen (secondary N) is 3. The van der Waals surface area contributed by atoms with Gasteiger partial charge in [0.25, 0.3) is 11.7 Å². The van der Waals surface area contributed by atoms with E-state index in [1.54, 1.807) is 0 Å². The summed E-state index contributed by atoms with van der Waals surface area (Å²) in [4.78, 5) is 34.4. The number of hydrazone groups is 1. The van der Waals surface area contributed by atoms with E-state index in [4.69, 9.17) is 16.6 Å². The van der Waals surface area contributed by atoms with E-state index in [0.29, 0.717) is 0 Å². The third-order valence-corrected chi connectivity index (χ3v) is 2.58. The van der Waals surface area contributed by atoms with Gasteiger partial charge in [0.05, 0.1) is 0 Å². The van der Waals surface area contributed by atoms with Gasteiger partial charge in [-0.3, -0.25) is 25.9 Å². The van der Waals surface area contributed by atoms with Gasteiger partial charge in [0, 0.05) is 11.1 Å². The summed E-state index contributed by atoms with van der Waals surface area (Å²) in [6.45, 7) is 0. The molecule has 0 fully saturated rings. The van der Waals surface area contributed by atoms with Crippen molar-refractivity contribution < 1.29 is 19.5 Å². The van der Waals surface area contributed by atoms with Crippen LogP contribution in [0.4, 0.5) is 0 Å². The monoisotopic (exact) mass is 368 g/mol. The first-order chi connectivity index (χ1) is 11.2. The minimum atomic E-state index is -1.63. The lowest BCUT2D eigenvalue weighted by Gasteiger charge is -2.10. The zero-order valence-electron chi connectivity index (χ0n) is 11.9. The van der Waals surface area contributed by atoms with Crippen molar-refractivity contribution in [3.05, 3.63) is 35.4 Å². The quantitative estimate of drug-likeness (QED) is 0.116. The zero-order chi connectivity index (χ0) is 18.3. The summed E-state index contributed by atoms with van der Waals surface area (Å²) in [6.07, 6.45) is 0. The number of carboxylic acids is 1. The van der Waals surface area contributed by atoms with Gasteiger partial charge in [-0.25, -0.2) is 4.79 Å². The highest BCUT2D eigenvalue weighted by Gasteiger charge is 2.19. The van der Waals surface area contributed by atoms with E-state index < -0.39 is 17.7 Å². The second-order valence-electron chi connectivity index (χ2n) is 4.09. The maximum absolute atomic E-state index is 12.1. The predicted octanol–water partition coefficient (Wildman–Crippen LogP) is -1.64. The van der Waals surface area contributed by atoms with Gasteiger partial charge < -0.3 is 16.6 Å². The van der Waals surface area contributed by atoms with Crippen LogP contribution in [0.25, 0.3) is 0 Å². The maximum atomic E-state index is 12.1. The van der Waals surface area contributed by atoms with Gasteiger partial charge in [0.2, 0.25) is 0 Å². The molecule has 0 heterocycles. The minimum absolute atomic E-state index is 0.132. The number of carbonyl (C=O) groups excluding carboxylic acids is 2. The van der Waals surface area contributed by atoms with E-state index in [0.717, 1.165) is 0 Å². The number of aliphatic carboxylic acids is 1. The Hall–Kier alpha value is -3.12. The van der Waals surface area contributed by atoms with Crippen molar-refractivity contribution >= 4 is 58.0 Å². The average molecular weight is 368 g/mol. The number of thiocarbonyl (C=S) groups is 2. The third kappa shape index (κ3) is 5.58. The molecule has 0 aliphatic carbocycles. The fraction of sp³-hybridized carbons (Fsp3) is 0. The molecule has 1 amide bonds. The van der Waals surface area contributed by atoms with Gasteiger partial charge in [-0.2, -0.15) is 5.10 Å². The lowest BCUT2D eigenvalue weighted by molar-refractivity contribution is -0.131. The van der Waals surface area contributed by atoms with Crippen LogP contribution >= 0.6 is 24.4 Å². The largest absolute Gasteiger partial charge is 0.475 e. The Morgan fingerprint density at radius 2 is 1.67 bits per heavy atom. The normalized spacial score (nSPS) is 10.4.